The van der Waals surface area contributed by atoms with Gasteiger partial charge in [0.05, 0.1) is 23.0 Å². The lowest BCUT2D eigenvalue weighted by Gasteiger charge is -2.05. The van der Waals surface area contributed by atoms with Crippen LogP contribution in [0.3, 0.4) is 0 Å². The lowest BCUT2D eigenvalue weighted by atomic mass is 10.3. The van der Waals surface area contributed by atoms with E-state index < -0.39 is 10.9 Å². The molecule has 6 nitrogen and oxygen atoms in total. The van der Waals surface area contributed by atoms with Crippen LogP contribution in [0.25, 0.3) is 0 Å². The van der Waals surface area contributed by atoms with Crippen molar-refractivity contribution in [3.63, 3.8) is 0 Å². The largest absolute Gasteiger partial charge is 0.488 e. The number of nitro groups is 1. The number of ether oxygens (including phenoxy) is 2. The molecule has 0 radical (unpaired) electrons. The van der Waals surface area contributed by atoms with E-state index in [9.17, 15) is 14.9 Å². The van der Waals surface area contributed by atoms with Crippen LogP contribution in [0, 0.1) is 10.1 Å². The van der Waals surface area contributed by atoms with Gasteiger partial charge in [-0.2, -0.15) is 0 Å². The summed E-state index contributed by atoms with van der Waals surface area (Å²) in [5.41, 5.74) is 0.760. The quantitative estimate of drug-likeness (QED) is 0.358. The minimum absolute atomic E-state index is 0.0141. The number of nitrogens with zero attached hydrogens (tertiary/aromatic N) is 1. The van der Waals surface area contributed by atoms with E-state index in [1.54, 1.807) is 6.07 Å². The Bertz CT molecular complexity index is 555. The second-order valence-electron chi connectivity index (χ2n) is 3.79. The van der Waals surface area contributed by atoms with Crippen LogP contribution in [0.4, 0.5) is 5.69 Å². The zero-order valence-electron chi connectivity index (χ0n) is 10.1. The summed E-state index contributed by atoms with van der Waals surface area (Å²) < 4.78 is 10.0. The van der Waals surface area contributed by atoms with Crippen molar-refractivity contribution in [1.29, 1.82) is 0 Å². The summed E-state index contributed by atoms with van der Waals surface area (Å²) in [5.74, 6) is 0.614. The molecule has 0 aromatic heterocycles. The highest BCUT2D eigenvalue weighted by atomic mass is 32.2. The van der Waals surface area contributed by atoms with E-state index in [0.717, 1.165) is 10.5 Å². The molecule has 2 rings (SSSR count). The van der Waals surface area contributed by atoms with Gasteiger partial charge in [0.25, 0.3) is 5.69 Å². The smallest absolute Gasteiger partial charge is 0.330 e. The molecule has 1 aliphatic heterocycles. The van der Waals surface area contributed by atoms with Gasteiger partial charge in [0, 0.05) is 17.9 Å². The fourth-order valence-electron chi connectivity index (χ4n) is 1.53. The molecule has 0 amide bonds. The van der Waals surface area contributed by atoms with E-state index in [2.05, 4.69) is 4.74 Å². The molecule has 0 saturated heterocycles. The van der Waals surface area contributed by atoms with Gasteiger partial charge < -0.3 is 9.47 Å². The lowest BCUT2D eigenvalue weighted by molar-refractivity contribution is -0.385. The number of benzene rings is 1. The van der Waals surface area contributed by atoms with Crippen LogP contribution in [0.1, 0.15) is 0 Å². The van der Waals surface area contributed by atoms with Gasteiger partial charge >= 0.3 is 5.97 Å². The van der Waals surface area contributed by atoms with Gasteiger partial charge in [-0.3, -0.25) is 10.1 Å². The number of non-ortho nitro benzene ring substituents is 1. The maximum absolute atomic E-state index is 11.2. The molecule has 0 atom stereocenters. The van der Waals surface area contributed by atoms with E-state index in [1.807, 2.05) is 0 Å². The zero-order chi connectivity index (χ0) is 13.8. The summed E-state index contributed by atoms with van der Waals surface area (Å²) in [5, 5.41) is 10.7. The molecule has 19 heavy (non-hydrogen) atoms. The zero-order valence-corrected chi connectivity index (χ0v) is 10.9. The molecule has 1 aliphatic rings. The van der Waals surface area contributed by atoms with Crippen molar-refractivity contribution in [1.82, 2.24) is 0 Å². The van der Waals surface area contributed by atoms with E-state index in [4.69, 9.17) is 4.74 Å². The molecule has 0 aliphatic carbocycles. The molecule has 0 spiro atoms. The minimum atomic E-state index is -0.468. The lowest BCUT2D eigenvalue weighted by Crippen LogP contribution is -2.05. The Morgan fingerprint density at radius 3 is 3.05 bits per heavy atom. The van der Waals surface area contributed by atoms with E-state index in [-0.39, 0.29) is 12.3 Å². The van der Waals surface area contributed by atoms with E-state index >= 15 is 0 Å². The first kappa shape index (κ1) is 13.4. The first-order valence-corrected chi connectivity index (χ1v) is 6.40. The number of carbonyl (C=O) groups is 1. The Morgan fingerprint density at radius 1 is 1.58 bits per heavy atom. The predicted molar refractivity (Wildman–Crippen MR) is 69.4 cm³/mol. The summed E-state index contributed by atoms with van der Waals surface area (Å²) in [6, 6.07) is 4.48. The number of hydrogen-bond donors (Lipinski definition) is 0. The summed E-state index contributed by atoms with van der Waals surface area (Å²) in [6.45, 7) is 0.219. The Morgan fingerprint density at radius 2 is 2.37 bits per heavy atom. The average Bonchev–Trinajstić information content (AvgIpc) is 2.60. The number of esters is 1. The van der Waals surface area contributed by atoms with Gasteiger partial charge in [0.1, 0.15) is 12.4 Å². The van der Waals surface area contributed by atoms with Gasteiger partial charge in [0.15, 0.2) is 0 Å². The van der Waals surface area contributed by atoms with Gasteiger partial charge in [-0.05, 0) is 11.6 Å². The van der Waals surface area contributed by atoms with Crippen LogP contribution < -0.4 is 4.74 Å². The van der Waals surface area contributed by atoms with Crippen LogP contribution in [-0.4, -0.2) is 30.4 Å². The van der Waals surface area contributed by atoms with Gasteiger partial charge in [-0.25, -0.2) is 4.79 Å². The minimum Gasteiger partial charge on any atom is -0.488 e. The molecule has 7 heteroatoms. The first-order chi connectivity index (χ1) is 9.10. The Kier molecular flexibility index (Phi) is 4.06. The molecule has 100 valence electrons. The van der Waals surface area contributed by atoms with Crippen molar-refractivity contribution < 1.29 is 19.2 Å². The monoisotopic (exact) mass is 281 g/mol. The average molecular weight is 281 g/mol. The maximum Gasteiger partial charge on any atom is 0.330 e. The highest BCUT2D eigenvalue weighted by Crippen LogP contribution is 2.36. The second kappa shape index (κ2) is 5.75. The van der Waals surface area contributed by atoms with Crippen LogP contribution >= 0.6 is 11.8 Å². The molecule has 1 aromatic carbocycles. The molecule has 0 saturated carbocycles. The Balaban J connectivity index is 2.20. The number of rotatable bonds is 2. The molecule has 0 bridgehead atoms. The number of fused-ring (bicyclic) bond motifs is 1. The van der Waals surface area contributed by atoms with Crippen molar-refractivity contribution in [2.75, 3.05) is 19.5 Å². The fraction of sp³-hybridized carbons (Fsp3) is 0.250. The maximum atomic E-state index is 11.2. The summed E-state index contributed by atoms with van der Waals surface area (Å²) in [4.78, 5) is 22.2. The van der Waals surface area contributed by atoms with Crippen molar-refractivity contribution in [2.45, 2.75) is 4.90 Å². The van der Waals surface area contributed by atoms with Crippen molar-refractivity contribution in [3.05, 3.63) is 40.0 Å². The van der Waals surface area contributed by atoms with Gasteiger partial charge in [-0.15, -0.1) is 11.8 Å². The molecule has 0 N–H and O–H groups in total. The molecule has 1 aromatic rings. The number of methoxy groups -OCH3 is 1. The van der Waals surface area contributed by atoms with Crippen molar-refractivity contribution in [2.24, 2.45) is 0 Å². The highest BCUT2D eigenvalue weighted by Gasteiger charge is 2.17. The molecular weight excluding hydrogens is 270 g/mol. The summed E-state index contributed by atoms with van der Waals surface area (Å²) >= 11 is 1.47. The van der Waals surface area contributed by atoms with Crippen LogP contribution in [0.2, 0.25) is 0 Å². The van der Waals surface area contributed by atoms with Crippen molar-refractivity contribution >= 4 is 23.4 Å². The van der Waals surface area contributed by atoms with E-state index in [1.165, 1.54) is 37.1 Å². The molecule has 0 fully saturated rings. The third kappa shape index (κ3) is 3.25. The third-order valence-electron chi connectivity index (χ3n) is 2.49. The number of nitro benzene ring substituents is 1. The standard InChI is InChI=1S/C12H11NO5S/c1-17-12(14)4-8-6-18-10-5-9(13(15)16)2-3-11(10)19-7-8/h2-5H,6-7H2,1H3/b8-4-. The number of carbonyl (C=O) groups excluding carboxylic acids is 1. The van der Waals surface area contributed by atoms with Crippen LogP contribution in [0.15, 0.2) is 34.7 Å². The Hall–Kier alpha value is -2.02. The predicted octanol–water partition coefficient (Wildman–Crippen LogP) is 2.18. The SMILES string of the molecule is COC(=O)/C=C1/COc2cc([N+](=O)[O-])ccc2SC1. The van der Waals surface area contributed by atoms with Crippen molar-refractivity contribution in [3.8, 4) is 5.75 Å². The van der Waals surface area contributed by atoms with Crippen LogP contribution in [0.5, 0.6) is 5.75 Å². The second-order valence-corrected chi connectivity index (χ2v) is 4.81. The number of thioether (sulfide) groups is 1. The summed E-state index contributed by atoms with van der Waals surface area (Å²) in [6.07, 6.45) is 1.38. The fourth-order valence-corrected chi connectivity index (χ4v) is 2.47. The number of hydrogen-bond acceptors (Lipinski definition) is 6. The summed E-state index contributed by atoms with van der Waals surface area (Å²) in [7, 11) is 1.31. The highest BCUT2D eigenvalue weighted by molar-refractivity contribution is 7.99. The normalized spacial score (nSPS) is 16.2. The molecule has 1 heterocycles. The van der Waals surface area contributed by atoms with Crippen LogP contribution in [-0.2, 0) is 9.53 Å². The molecular formula is C12H11NO5S. The van der Waals surface area contributed by atoms with Gasteiger partial charge in [-0.1, -0.05) is 0 Å². The van der Waals surface area contributed by atoms with Gasteiger partial charge in [0.2, 0.25) is 0 Å². The van der Waals surface area contributed by atoms with E-state index in [0.29, 0.717) is 11.5 Å². The topological polar surface area (TPSA) is 78.7 Å². The third-order valence-corrected chi connectivity index (χ3v) is 3.65. The Labute approximate surface area is 113 Å². The first-order valence-electron chi connectivity index (χ1n) is 5.41. The molecule has 0 unspecified atom stereocenters.